The predicted molar refractivity (Wildman–Crippen MR) is 81.6 cm³/mol. The SMILES string of the molecule is CCCCCNO.CNC(Cc1ccc(O)cc1)C(=O)O. The number of hydrogen-bond donors (Lipinski definition) is 5. The maximum absolute atomic E-state index is 10.7. The van der Waals surface area contributed by atoms with E-state index in [2.05, 4.69) is 17.7 Å². The van der Waals surface area contributed by atoms with E-state index in [1.165, 1.54) is 12.8 Å². The van der Waals surface area contributed by atoms with Gasteiger partial charge in [-0.25, -0.2) is 5.48 Å². The van der Waals surface area contributed by atoms with Gasteiger partial charge in [0, 0.05) is 6.54 Å². The quantitative estimate of drug-likeness (QED) is 0.370. The number of aliphatic carboxylic acids is 1. The number of benzene rings is 1. The van der Waals surface area contributed by atoms with E-state index in [1.807, 2.05) is 0 Å². The molecule has 6 heteroatoms. The number of carbonyl (C=O) groups is 1. The van der Waals surface area contributed by atoms with Gasteiger partial charge in [-0.3, -0.25) is 4.79 Å². The third-order valence-corrected chi connectivity index (χ3v) is 2.91. The summed E-state index contributed by atoms with van der Waals surface area (Å²) < 4.78 is 0. The molecule has 6 nitrogen and oxygen atoms in total. The highest BCUT2D eigenvalue weighted by atomic mass is 16.5. The van der Waals surface area contributed by atoms with Gasteiger partial charge in [-0.1, -0.05) is 31.9 Å². The molecule has 5 N–H and O–H groups in total. The standard InChI is InChI=1S/C10H13NO3.C5H13NO/c1-11-9(10(13)14)6-7-2-4-8(12)5-3-7;1-2-3-4-5-6-7/h2-5,9,11-12H,6H2,1H3,(H,13,14);6-7H,2-5H2,1H3. The summed E-state index contributed by atoms with van der Waals surface area (Å²) in [5, 5.41) is 28.5. The Hall–Kier alpha value is -1.63. The minimum Gasteiger partial charge on any atom is -0.508 e. The molecule has 0 radical (unpaired) electrons. The summed E-state index contributed by atoms with van der Waals surface area (Å²) in [6, 6.07) is 5.93. The Morgan fingerprint density at radius 1 is 1.24 bits per heavy atom. The van der Waals surface area contributed by atoms with Gasteiger partial charge in [-0.2, -0.15) is 0 Å². The molecule has 21 heavy (non-hydrogen) atoms. The number of nitrogens with one attached hydrogen (secondary N) is 2. The predicted octanol–water partition coefficient (Wildman–Crippen LogP) is 1.76. The zero-order valence-electron chi connectivity index (χ0n) is 12.7. The third kappa shape index (κ3) is 9.84. The molecule has 0 saturated carbocycles. The van der Waals surface area contributed by atoms with Gasteiger partial charge in [0.1, 0.15) is 11.8 Å². The van der Waals surface area contributed by atoms with E-state index in [0.717, 1.165) is 18.5 Å². The van der Waals surface area contributed by atoms with Gasteiger partial charge in [0.2, 0.25) is 0 Å². The van der Waals surface area contributed by atoms with Crippen LogP contribution in [0.4, 0.5) is 0 Å². The normalized spacial score (nSPS) is 11.4. The van der Waals surface area contributed by atoms with Crippen LogP contribution >= 0.6 is 0 Å². The number of carboxylic acids is 1. The minimum atomic E-state index is -0.874. The van der Waals surface area contributed by atoms with Crippen LogP contribution in [-0.2, 0) is 11.2 Å². The Morgan fingerprint density at radius 3 is 2.29 bits per heavy atom. The second kappa shape index (κ2) is 12.1. The van der Waals surface area contributed by atoms with Crippen molar-refractivity contribution >= 4 is 5.97 Å². The first-order chi connectivity index (χ1) is 10.0. The molecular weight excluding hydrogens is 272 g/mol. The van der Waals surface area contributed by atoms with E-state index in [4.69, 9.17) is 15.4 Å². The number of rotatable bonds is 8. The molecule has 0 aliphatic rings. The average molecular weight is 298 g/mol. The molecule has 1 atom stereocenters. The van der Waals surface area contributed by atoms with E-state index < -0.39 is 12.0 Å². The molecule has 0 fully saturated rings. The van der Waals surface area contributed by atoms with Crippen molar-refractivity contribution in [3.8, 4) is 5.75 Å². The first-order valence-corrected chi connectivity index (χ1v) is 7.10. The van der Waals surface area contributed by atoms with Crippen LogP contribution in [0.25, 0.3) is 0 Å². The van der Waals surface area contributed by atoms with E-state index >= 15 is 0 Å². The molecule has 0 aliphatic carbocycles. The zero-order chi connectivity index (χ0) is 16.1. The zero-order valence-corrected chi connectivity index (χ0v) is 12.7. The topological polar surface area (TPSA) is 102 Å². The fourth-order valence-corrected chi connectivity index (χ4v) is 1.63. The maximum atomic E-state index is 10.7. The Morgan fingerprint density at radius 2 is 1.86 bits per heavy atom. The molecule has 1 aromatic rings. The lowest BCUT2D eigenvalue weighted by molar-refractivity contribution is -0.139. The Balaban J connectivity index is 0.000000486. The van der Waals surface area contributed by atoms with Gasteiger partial charge < -0.3 is 20.7 Å². The molecule has 0 saturated heterocycles. The first kappa shape index (κ1) is 19.4. The van der Waals surface area contributed by atoms with Crippen molar-refractivity contribution in [3.05, 3.63) is 29.8 Å². The van der Waals surface area contributed by atoms with Crippen LogP contribution in [0.5, 0.6) is 5.75 Å². The van der Waals surface area contributed by atoms with Crippen molar-refractivity contribution in [3.63, 3.8) is 0 Å². The second-order valence-electron chi connectivity index (χ2n) is 4.67. The number of phenols is 1. The summed E-state index contributed by atoms with van der Waals surface area (Å²) in [5.41, 5.74) is 2.98. The van der Waals surface area contributed by atoms with E-state index in [0.29, 0.717) is 6.42 Å². The summed E-state index contributed by atoms with van der Waals surface area (Å²) in [6.07, 6.45) is 3.90. The molecule has 120 valence electrons. The van der Waals surface area contributed by atoms with Crippen LogP contribution in [0.1, 0.15) is 31.7 Å². The number of hydroxylamine groups is 1. The summed E-state index contributed by atoms with van der Waals surface area (Å²) >= 11 is 0. The third-order valence-electron chi connectivity index (χ3n) is 2.91. The largest absolute Gasteiger partial charge is 0.508 e. The molecule has 0 spiro atoms. The highest BCUT2D eigenvalue weighted by Crippen LogP contribution is 2.11. The Labute approximate surface area is 125 Å². The van der Waals surface area contributed by atoms with Crippen LogP contribution in [-0.4, -0.2) is 41.0 Å². The average Bonchev–Trinajstić information content (AvgIpc) is 2.47. The molecule has 0 bridgehead atoms. The number of phenolic OH excluding ortho intramolecular Hbond substituents is 1. The van der Waals surface area contributed by atoms with Gasteiger partial charge in [0.15, 0.2) is 0 Å². The van der Waals surface area contributed by atoms with Crippen molar-refractivity contribution < 1.29 is 20.2 Å². The maximum Gasteiger partial charge on any atom is 0.321 e. The molecule has 0 heterocycles. The summed E-state index contributed by atoms with van der Waals surface area (Å²) in [7, 11) is 1.61. The van der Waals surface area contributed by atoms with Gasteiger partial charge in [-0.15, -0.1) is 0 Å². The highest BCUT2D eigenvalue weighted by molar-refractivity contribution is 5.73. The van der Waals surface area contributed by atoms with Crippen molar-refractivity contribution in [1.29, 1.82) is 0 Å². The van der Waals surface area contributed by atoms with Gasteiger partial charge in [-0.05, 0) is 37.6 Å². The molecule has 1 unspecified atom stereocenters. The molecule has 1 rings (SSSR count). The summed E-state index contributed by atoms with van der Waals surface area (Å²) in [5.74, 6) is -0.689. The molecular formula is C15H26N2O4. The van der Waals surface area contributed by atoms with Gasteiger partial charge in [0.25, 0.3) is 0 Å². The van der Waals surface area contributed by atoms with Gasteiger partial charge >= 0.3 is 5.97 Å². The van der Waals surface area contributed by atoms with Crippen LogP contribution < -0.4 is 10.8 Å². The van der Waals surface area contributed by atoms with Crippen LogP contribution in [0.15, 0.2) is 24.3 Å². The van der Waals surface area contributed by atoms with E-state index in [-0.39, 0.29) is 5.75 Å². The van der Waals surface area contributed by atoms with Crippen LogP contribution in [0, 0.1) is 0 Å². The van der Waals surface area contributed by atoms with Crippen molar-refractivity contribution in [2.24, 2.45) is 0 Å². The van der Waals surface area contributed by atoms with Crippen LogP contribution in [0.3, 0.4) is 0 Å². The summed E-state index contributed by atoms with van der Waals surface area (Å²) in [4.78, 5) is 10.7. The minimum absolute atomic E-state index is 0.185. The molecule has 0 amide bonds. The molecule has 1 aromatic carbocycles. The van der Waals surface area contributed by atoms with Crippen molar-refractivity contribution in [2.75, 3.05) is 13.6 Å². The Kier molecular flexibility index (Phi) is 11.2. The van der Waals surface area contributed by atoms with Crippen molar-refractivity contribution in [2.45, 2.75) is 38.6 Å². The summed E-state index contributed by atoms with van der Waals surface area (Å²) in [6.45, 7) is 2.87. The fraction of sp³-hybridized carbons (Fsp3) is 0.533. The Bertz CT molecular complexity index is 378. The lowest BCUT2D eigenvalue weighted by Gasteiger charge is -2.10. The monoisotopic (exact) mass is 298 g/mol. The number of likely N-dealkylation sites (N-methyl/N-ethyl adjacent to an activating group) is 1. The number of unbranched alkanes of at least 4 members (excludes halogenated alkanes) is 2. The number of aromatic hydroxyl groups is 1. The molecule has 0 aromatic heterocycles. The van der Waals surface area contributed by atoms with Crippen LogP contribution in [0.2, 0.25) is 0 Å². The lowest BCUT2D eigenvalue weighted by atomic mass is 10.1. The number of carboxylic acid groups (broad SMARTS) is 1. The fourth-order valence-electron chi connectivity index (χ4n) is 1.63. The van der Waals surface area contributed by atoms with Crippen molar-refractivity contribution in [1.82, 2.24) is 10.8 Å². The number of hydrogen-bond acceptors (Lipinski definition) is 5. The highest BCUT2D eigenvalue weighted by Gasteiger charge is 2.14. The first-order valence-electron chi connectivity index (χ1n) is 7.10. The van der Waals surface area contributed by atoms with E-state index in [1.54, 1.807) is 31.3 Å². The van der Waals surface area contributed by atoms with Gasteiger partial charge in [0.05, 0.1) is 0 Å². The van der Waals surface area contributed by atoms with E-state index in [9.17, 15) is 4.79 Å². The molecule has 0 aliphatic heterocycles. The second-order valence-corrected chi connectivity index (χ2v) is 4.67. The smallest absolute Gasteiger partial charge is 0.321 e. The lowest BCUT2D eigenvalue weighted by Crippen LogP contribution is -2.35.